The molecule has 3 rings (SSSR count). The molecule has 3 aromatic rings. The number of aromatic nitrogens is 3. The van der Waals surface area contributed by atoms with E-state index in [4.69, 9.17) is 27.9 Å². The molecule has 1 amide bonds. The molecule has 0 aliphatic carbocycles. The Morgan fingerprint density at radius 1 is 1.19 bits per heavy atom. The van der Waals surface area contributed by atoms with Crippen LogP contribution >= 0.6 is 35.0 Å². The lowest BCUT2D eigenvalue weighted by molar-refractivity contribution is -0.113. The van der Waals surface area contributed by atoms with E-state index in [0.29, 0.717) is 44.9 Å². The molecule has 0 fully saturated rings. The molecule has 1 aromatic heterocycles. The summed E-state index contributed by atoms with van der Waals surface area (Å²) in [5.74, 6) is 1.65. The standard InChI is InChI=1S/C22H24Cl2N4O2S/c1-13(2)11-28-21(16-7-6-15(23)10-17(16)24)26-27-22(28)31-12-20(29)25-18-9-14(3)5-8-19(18)30-4/h5-10,13H,11-12H2,1-4H3,(H,25,29). The first kappa shape index (κ1) is 23.4. The van der Waals surface area contributed by atoms with Crippen LogP contribution in [0.4, 0.5) is 5.69 Å². The van der Waals surface area contributed by atoms with Gasteiger partial charge in [-0.15, -0.1) is 10.2 Å². The van der Waals surface area contributed by atoms with E-state index in [1.54, 1.807) is 19.2 Å². The number of ether oxygens (including phenoxy) is 1. The summed E-state index contributed by atoms with van der Waals surface area (Å²) in [6.07, 6.45) is 0. The van der Waals surface area contributed by atoms with Gasteiger partial charge in [-0.2, -0.15) is 0 Å². The lowest BCUT2D eigenvalue weighted by atomic mass is 10.2. The summed E-state index contributed by atoms with van der Waals surface area (Å²) in [6.45, 7) is 6.87. The molecule has 2 aromatic carbocycles. The molecule has 0 radical (unpaired) electrons. The molecular weight excluding hydrogens is 455 g/mol. The number of methoxy groups -OCH3 is 1. The van der Waals surface area contributed by atoms with E-state index < -0.39 is 0 Å². The number of aryl methyl sites for hydroxylation is 1. The number of nitrogens with zero attached hydrogens (tertiary/aromatic N) is 3. The predicted octanol–water partition coefficient (Wildman–Crippen LogP) is 5.96. The van der Waals surface area contributed by atoms with Gasteiger partial charge in [-0.25, -0.2) is 0 Å². The van der Waals surface area contributed by atoms with Crippen LogP contribution in [0.3, 0.4) is 0 Å². The van der Waals surface area contributed by atoms with E-state index in [-0.39, 0.29) is 11.7 Å². The van der Waals surface area contributed by atoms with Crippen molar-refractivity contribution in [3.63, 3.8) is 0 Å². The summed E-state index contributed by atoms with van der Waals surface area (Å²) in [5, 5.41) is 13.3. The average Bonchev–Trinajstić information content (AvgIpc) is 3.08. The Morgan fingerprint density at radius 2 is 1.97 bits per heavy atom. The maximum Gasteiger partial charge on any atom is 0.234 e. The van der Waals surface area contributed by atoms with Crippen molar-refractivity contribution in [1.82, 2.24) is 14.8 Å². The van der Waals surface area contributed by atoms with Gasteiger partial charge in [-0.3, -0.25) is 4.79 Å². The number of hydrogen-bond acceptors (Lipinski definition) is 5. The summed E-state index contributed by atoms with van der Waals surface area (Å²) in [6, 6.07) is 10.9. The fraction of sp³-hybridized carbons (Fsp3) is 0.318. The molecule has 0 spiro atoms. The second kappa shape index (κ2) is 10.4. The topological polar surface area (TPSA) is 69.0 Å². The number of carbonyl (C=O) groups excluding carboxylic acids is 1. The van der Waals surface area contributed by atoms with Crippen molar-refractivity contribution >= 4 is 46.6 Å². The Morgan fingerprint density at radius 3 is 2.65 bits per heavy atom. The van der Waals surface area contributed by atoms with Gasteiger partial charge in [0.05, 0.1) is 23.6 Å². The number of carbonyl (C=O) groups is 1. The molecule has 1 heterocycles. The first-order valence-corrected chi connectivity index (χ1v) is 11.5. The molecule has 31 heavy (non-hydrogen) atoms. The monoisotopic (exact) mass is 478 g/mol. The molecule has 164 valence electrons. The van der Waals surface area contributed by atoms with Gasteiger partial charge in [-0.1, -0.05) is 54.9 Å². The quantitative estimate of drug-likeness (QED) is 0.404. The van der Waals surface area contributed by atoms with Crippen LogP contribution < -0.4 is 10.1 Å². The number of nitrogens with one attached hydrogen (secondary N) is 1. The van der Waals surface area contributed by atoms with Crippen LogP contribution in [-0.2, 0) is 11.3 Å². The van der Waals surface area contributed by atoms with Gasteiger partial charge in [0.25, 0.3) is 0 Å². The summed E-state index contributed by atoms with van der Waals surface area (Å²) >= 11 is 13.7. The molecule has 0 aliphatic rings. The highest BCUT2D eigenvalue weighted by Gasteiger charge is 2.19. The van der Waals surface area contributed by atoms with Crippen molar-refractivity contribution in [3.8, 4) is 17.1 Å². The molecular formula is C22H24Cl2N4O2S. The zero-order valence-electron chi connectivity index (χ0n) is 17.8. The maximum absolute atomic E-state index is 12.6. The first-order chi connectivity index (χ1) is 14.8. The van der Waals surface area contributed by atoms with Crippen molar-refractivity contribution in [2.45, 2.75) is 32.5 Å². The Balaban J connectivity index is 1.79. The van der Waals surface area contributed by atoms with Gasteiger partial charge in [0, 0.05) is 17.1 Å². The molecule has 0 atom stereocenters. The largest absolute Gasteiger partial charge is 0.495 e. The van der Waals surface area contributed by atoms with Gasteiger partial charge in [0.15, 0.2) is 11.0 Å². The number of rotatable bonds is 8. The van der Waals surface area contributed by atoms with E-state index in [9.17, 15) is 4.79 Å². The zero-order valence-corrected chi connectivity index (χ0v) is 20.1. The Kier molecular flexibility index (Phi) is 7.86. The molecule has 0 unspecified atom stereocenters. The fourth-order valence-corrected chi connectivity index (χ4v) is 4.27. The summed E-state index contributed by atoms with van der Waals surface area (Å²) in [5.41, 5.74) is 2.43. The summed E-state index contributed by atoms with van der Waals surface area (Å²) in [7, 11) is 1.58. The highest BCUT2D eigenvalue weighted by atomic mass is 35.5. The second-order valence-corrected chi connectivity index (χ2v) is 9.26. The van der Waals surface area contributed by atoms with Crippen molar-refractivity contribution in [2.75, 3.05) is 18.2 Å². The SMILES string of the molecule is COc1ccc(C)cc1NC(=O)CSc1nnc(-c2ccc(Cl)cc2Cl)n1CC(C)C. The van der Waals surface area contributed by atoms with E-state index in [1.165, 1.54) is 11.8 Å². The number of thioether (sulfide) groups is 1. The van der Waals surface area contributed by atoms with Crippen LogP contribution in [-0.4, -0.2) is 33.5 Å². The molecule has 0 saturated carbocycles. The van der Waals surface area contributed by atoms with E-state index in [2.05, 4.69) is 29.4 Å². The van der Waals surface area contributed by atoms with Gasteiger partial charge in [-0.05, 0) is 48.7 Å². The van der Waals surface area contributed by atoms with E-state index in [0.717, 1.165) is 11.1 Å². The fourth-order valence-electron chi connectivity index (χ4n) is 3.03. The smallest absolute Gasteiger partial charge is 0.234 e. The lowest BCUT2D eigenvalue weighted by Crippen LogP contribution is -2.16. The zero-order chi connectivity index (χ0) is 22.5. The predicted molar refractivity (Wildman–Crippen MR) is 127 cm³/mol. The van der Waals surface area contributed by atoms with Gasteiger partial charge < -0.3 is 14.6 Å². The molecule has 9 heteroatoms. The van der Waals surface area contributed by atoms with Crippen LogP contribution in [0.25, 0.3) is 11.4 Å². The third kappa shape index (κ3) is 5.93. The Labute approximate surface area is 196 Å². The van der Waals surface area contributed by atoms with Crippen molar-refractivity contribution in [1.29, 1.82) is 0 Å². The minimum atomic E-state index is -0.154. The minimum absolute atomic E-state index is 0.154. The minimum Gasteiger partial charge on any atom is -0.495 e. The van der Waals surface area contributed by atoms with Gasteiger partial charge in [0.2, 0.25) is 5.91 Å². The van der Waals surface area contributed by atoms with Crippen LogP contribution in [0.2, 0.25) is 10.0 Å². The lowest BCUT2D eigenvalue weighted by Gasteiger charge is -2.14. The second-order valence-electron chi connectivity index (χ2n) is 7.48. The molecule has 6 nitrogen and oxygen atoms in total. The molecule has 0 bridgehead atoms. The number of hydrogen-bond donors (Lipinski definition) is 1. The normalized spacial score (nSPS) is 11.1. The Hall–Kier alpha value is -2.22. The highest BCUT2D eigenvalue weighted by Crippen LogP contribution is 2.32. The van der Waals surface area contributed by atoms with Crippen LogP contribution in [0.1, 0.15) is 19.4 Å². The Bertz CT molecular complexity index is 1090. The van der Waals surface area contributed by atoms with Crippen molar-refractivity contribution in [2.24, 2.45) is 5.92 Å². The number of halogens is 2. The highest BCUT2D eigenvalue weighted by molar-refractivity contribution is 7.99. The van der Waals surface area contributed by atoms with Crippen LogP contribution in [0.5, 0.6) is 5.75 Å². The van der Waals surface area contributed by atoms with Crippen molar-refractivity contribution in [3.05, 3.63) is 52.0 Å². The van der Waals surface area contributed by atoms with Crippen LogP contribution in [0.15, 0.2) is 41.6 Å². The first-order valence-electron chi connectivity index (χ1n) is 9.74. The van der Waals surface area contributed by atoms with E-state index in [1.807, 2.05) is 35.8 Å². The molecule has 0 aliphatic heterocycles. The number of benzene rings is 2. The van der Waals surface area contributed by atoms with Gasteiger partial charge in [0.1, 0.15) is 5.75 Å². The third-order valence-electron chi connectivity index (χ3n) is 4.40. The van der Waals surface area contributed by atoms with E-state index >= 15 is 0 Å². The maximum atomic E-state index is 12.6. The third-order valence-corrected chi connectivity index (χ3v) is 5.91. The summed E-state index contributed by atoms with van der Waals surface area (Å²) in [4.78, 5) is 12.6. The van der Waals surface area contributed by atoms with Gasteiger partial charge >= 0.3 is 0 Å². The molecule has 1 N–H and O–H groups in total. The van der Waals surface area contributed by atoms with Crippen LogP contribution in [0, 0.1) is 12.8 Å². The number of anilines is 1. The summed E-state index contributed by atoms with van der Waals surface area (Å²) < 4.78 is 7.32. The number of amides is 1. The van der Waals surface area contributed by atoms with Crippen molar-refractivity contribution < 1.29 is 9.53 Å². The average molecular weight is 479 g/mol. The molecule has 0 saturated heterocycles.